The number of pyridine rings is 1. The highest BCUT2D eigenvalue weighted by Gasteiger charge is 2.17. The van der Waals surface area contributed by atoms with Gasteiger partial charge < -0.3 is 9.55 Å². The van der Waals surface area contributed by atoms with Gasteiger partial charge in [0.1, 0.15) is 5.69 Å². The molecule has 0 atom stereocenters. The van der Waals surface area contributed by atoms with Gasteiger partial charge in [0.15, 0.2) is 0 Å². The van der Waals surface area contributed by atoms with Gasteiger partial charge in [-0.2, -0.15) is 0 Å². The van der Waals surface area contributed by atoms with Crippen LogP contribution < -0.4 is 10.2 Å². The van der Waals surface area contributed by atoms with E-state index in [0.29, 0.717) is 23.8 Å². The van der Waals surface area contributed by atoms with Crippen LogP contribution in [-0.2, 0) is 13.0 Å². The van der Waals surface area contributed by atoms with E-state index >= 15 is 0 Å². The first-order chi connectivity index (χ1) is 13.1. The molecule has 1 amide bonds. The number of H-pyrrole nitrogens is 1. The third-order valence-corrected chi connectivity index (χ3v) is 5.05. The van der Waals surface area contributed by atoms with E-state index in [9.17, 15) is 9.59 Å². The van der Waals surface area contributed by atoms with Gasteiger partial charge in [-0.15, -0.1) is 0 Å². The number of benzene rings is 1. The standard InChI is InChI=1S/C19H17N5O2S/c1-12-16(22-19(26)27-12)17(25)23-18-21-14-7-2-3-8-15(14)24(18)11-9-13-6-4-5-10-20-13/h2-8,10H,9,11H2,1H3,(H,22,26)(H,21,23,25). The number of thiazole rings is 1. The zero-order valence-electron chi connectivity index (χ0n) is 14.6. The van der Waals surface area contributed by atoms with Gasteiger partial charge in [-0.05, 0) is 31.2 Å². The van der Waals surface area contributed by atoms with Crippen LogP contribution in [0.25, 0.3) is 11.0 Å². The fourth-order valence-electron chi connectivity index (χ4n) is 2.96. The van der Waals surface area contributed by atoms with E-state index in [1.165, 1.54) is 0 Å². The van der Waals surface area contributed by atoms with Crippen LogP contribution in [0, 0.1) is 6.92 Å². The third-order valence-electron chi connectivity index (χ3n) is 4.25. The number of nitrogens with one attached hydrogen (secondary N) is 2. The van der Waals surface area contributed by atoms with Gasteiger partial charge >= 0.3 is 4.87 Å². The van der Waals surface area contributed by atoms with E-state index in [1.54, 1.807) is 13.1 Å². The molecule has 0 aliphatic heterocycles. The Balaban J connectivity index is 1.66. The minimum atomic E-state index is -0.375. The van der Waals surface area contributed by atoms with E-state index in [1.807, 2.05) is 47.0 Å². The molecule has 3 aromatic heterocycles. The SMILES string of the molecule is Cc1sc(=O)[nH]c1C(=O)Nc1nc2ccccc2n1CCc1ccccn1. The van der Waals surface area contributed by atoms with Crippen LogP contribution in [-0.4, -0.2) is 25.4 Å². The molecule has 0 aliphatic carbocycles. The summed E-state index contributed by atoms with van der Waals surface area (Å²) in [5.74, 6) is 0.0730. The number of aromatic nitrogens is 4. The molecule has 4 aromatic rings. The van der Waals surface area contributed by atoms with Crippen LogP contribution in [0.4, 0.5) is 5.95 Å². The molecule has 0 saturated carbocycles. The van der Waals surface area contributed by atoms with Gasteiger partial charge in [0.2, 0.25) is 5.95 Å². The average molecular weight is 379 g/mol. The second kappa shape index (κ2) is 7.16. The summed E-state index contributed by atoms with van der Waals surface area (Å²) in [7, 11) is 0. The fraction of sp³-hybridized carbons (Fsp3) is 0.158. The van der Waals surface area contributed by atoms with Crippen molar-refractivity contribution >= 4 is 34.2 Å². The Morgan fingerprint density at radius 2 is 2.04 bits per heavy atom. The summed E-state index contributed by atoms with van der Waals surface area (Å²) in [6.07, 6.45) is 2.47. The van der Waals surface area contributed by atoms with Crippen LogP contribution in [0.1, 0.15) is 21.1 Å². The van der Waals surface area contributed by atoms with Crippen LogP contribution >= 0.6 is 11.3 Å². The summed E-state index contributed by atoms with van der Waals surface area (Å²) in [5, 5.41) is 2.84. The van der Waals surface area contributed by atoms with E-state index < -0.39 is 0 Å². The average Bonchev–Trinajstić information content (AvgIpc) is 3.19. The number of para-hydroxylation sites is 2. The van der Waals surface area contributed by atoms with Crippen molar-refractivity contribution in [1.29, 1.82) is 0 Å². The summed E-state index contributed by atoms with van der Waals surface area (Å²) in [6.45, 7) is 2.35. The fourth-order valence-corrected chi connectivity index (χ4v) is 3.63. The molecular weight excluding hydrogens is 362 g/mol. The van der Waals surface area contributed by atoms with E-state index in [0.717, 1.165) is 28.1 Å². The molecule has 1 aromatic carbocycles. The maximum absolute atomic E-state index is 12.6. The van der Waals surface area contributed by atoms with E-state index in [-0.39, 0.29) is 16.5 Å². The van der Waals surface area contributed by atoms with Crippen LogP contribution in [0.5, 0.6) is 0 Å². The predicted molar refractivity (Wildman–Crippen MR) is 105 cm³/mol. The van der Waals surface area contributed by atoms with E-state index in [4.69, 9.17) is 0 Å². The van der Waals surface area contributed by atoms with Crippen molar-refractivity contribution in [3.05, 3.63) is 74.6 Å². The summed E-state index contributed by atoms with van der Waals surface area (Å²) in [5.41, 5.74) is 2.96. The lowest BCUT2D eigenvalue weighted by molar-refractivity contribution is 0.102. The Morgan fingerprint density at radius 1 is 1.22 bits per heavy atom. The number of rotatable bonds is 5. The first-order valence-corrected chi connectivity index (χ1v) is 9.30. The number of aryl methyl sites for hydroxylation is 3. The van der Waals surface area contributed by atoms with Gasteiger partial charge in [0.25, 0.3) is 5.91 Å². The highest BCUT2D eigenvalue weighted by molar-refractivity contribution is 7.09. The van der Waals surface area contributed by atoms with Gasteiger partial charge in [0.05, 0.1) is 11.0 Å². The number of nitrogens with zero attached hydrogens (tertiary/aromatic N) is 3. The van der Waals surface area contributed by atoms with Crippen molar-refractivity contribution in [2.75, 3.05) is 5.32 Å². The molecule has 2 N–H and O–H groups in total. The molecule has 4 rings (SSSR count). The molecule has 136 valence electrons. The number of hydrogen-bond donors (Lipinski definition) is 2. The zero-order valence-corrected chi connectivity index (χ0v) is 15.4. The van der Waals surface area contributed by atoms with Crippen molar-refractivity contribution < 1.29 is 4.79 Å². The van der Waals surface area contributed by atoms with E-state index in [2.05, 4.69) is 20.3 Å². The zero-order chi connectivity index (χ0) is 18.8. The lowest BCUT2D eigenvalue weighted by Crippen LogP contribution is -2.18. The van der Waals surface area contributed by atoms with Crippen LogP contribution in [0.15, 0.2) is 53.5 Å². The number of fused-ring (bicyclic) bond motifs is 1. The minimum absolute atomic E-state index is 0.249. The number of imidazole rings is 1. The van der Waals surface area contributed by atoms with Crippen LogP contribution in [0.3, 0.4) is 0 Å². The number of hydrogen-bond acceptors (Lipinski definition) is 5. The summed E-state index contributed by atoms with van der Waals surface area (Å²) in [6, 6.07) is 13.5. The highest BCUT2D eigenvalue weighted by Crippen LogP contribution is 2.21. The second-order valence-electron chi connectivity index (χ2n) is 6.05. The maximum Gasteiger partial charge on any atom is 0.305 e. The monoisotopic (exact) mass is 379 g/mol. The molecule has 0 spiro atoms. The summed E-state index contributed by atoms with van der Waals surface area (Å²) >= 11 is 1.02. The predicted octanol–water partition coefficient (Wildman–Crippen LogP) is 2.98. The van der Waals surface area contributed by atoms with Gasteiger partial charge in [-0.1, -0.05) is 29.5 Å². The Hall–Kier alpha value is -3.26. The van der Waals surface area contributed by atoms with Gasteiger partial charge in [0, 0.05) is 29.7 Å². The number of amides is 1. The maximum atomic E-state index is 12.6. The van der Waals surface area contributed by atoms with Gasteiger partial charge in [-0.25, -0.2) is 4.98 Å². The smallest absolute Gasteiger partial charge is 0.305 e. The molecule has 3 heterocycles. The number of aromatic amines is 1. The molecule has 0 unspecified atom stereocenters. The van der Waals surface area contributed by atoms with Crippen molar-refractivity contribution in [2.45, 2.75) is 19.9 Å². The molecule has 0 saturated heterocycles. The Labute approximate surface area is 158 Å². The second-order valence-corrected chi connectivity index (χ2v) is 7.23. The minimum Gasteiger partial charge on any atom is -0.310 e. The normalized spacial score (nSPS) is 11.0. The number of carbonyl (C=O) groups excluding carboxylic acids is 1. The lowest BCUT2D eigenvalue weighted by atomic mass is 10.2. The van der Waals surface area contributed by atoms with Crippen molar-refractivity contribution in [1.82, 2.24) is 19.5 Å². The quantitative estimate of drug-likeness (QED) is 0.557. The highest BCUT2D eigenvalue weighted by atomic mass is 32.1. The topological polar surface area (TPSA) is 92.7 Å². The number of carbonyl (C=O) groups is 1. The Morgan fingerprint density at radius 3 is 2.78 bits per heavy atom. The van der Waals surface area contributed by atoms with Gasteiger partial charge in [-0.3, -0.25) is 19.9 Å². The molecular formula is C19H17N5O2S. The molecule has 7 nitrogen and oxygen atoms in total. The number of anilines is 1. The third kappa shape index (κ3) is 3.52. The molecule has 0 bridgehead atoms. The molecule has 8 heteroatoms. The van der Waals surface area contributed by atoms with Crippen molar-refractivity contribution in [2.24, 2.45) is 0 Å². The Kier molecular flexibility index (Phi) is 4.55. The summed E-state index contributed by atoms with van der Waals surface area (Å²) in [4.78, 5) is 36.0. The first-order valence-electron chi connectivity index (χ1n) is 8.48. The largest absolute Gasteiger partial charge is 0.310 e. The Bertz CT molecular complexity index is 1160. The first kappa shape index (κ1) is 17.2. The van der Waals surface area contributed by atoms with Crippen LogP contribution in [0.2, 0.25) is 0 Å². The molecule has 0 aliphatic rings. The van der Waals surface area contributed by atoms with Crippen molar-refractivity contribution in [3.8, 4) is 0 Å². The molecule has 0 fully saturated rings. The summed E-state index contributed by atoms with van der Waals surface area (Å²) < 4.78 is 1.96. The molecule has 27 heavy (non-hydrogen) atoms. The lowest BCUT2D eigenvalue weighted by Gasteiger charge is -2.10. The van der Waals surface area contributed by atoms with Crippen molar-refractivity contribution in [3.63, 3.8) is 0 Å². The molecule has 0 radical (unpaired) electrons.